The number of imidazole rings is 1. The molecule has 29 heavy (non-hydrogen) atoms. The third-order valence-electron chi connectivity index (χ3n) is 5.37. The number of hydrogen-bond donors (Lipinski definition) is 2. The number of carbonyl (C=O) groups is 1. The van der Waals surface area contributed by atoms with Crippen molar-refractivity contribution in [3.05, 3.63) is 46.6 Å². The summed E-state index contributed by atoms with van der Waals surface area (Å²) in [7, 11) is 3.55. The number of aryl methyl sites for hydroxylation is 2. The molecule has 2 N–H and O–H groups in total. The van der Waals surface area contributed by atoms with Gasteiger partial charge >= 0.3 is 0 Å². The van der Waals surface area contributed by atoms with Crippen molar-refractivity contribution in [2.45, 2.75) is 32.4 Å². The van der Waals surface area contributed by atoms with Gasteiger partial charge in [-0.15, -0.1) is 11.3 Å². The summed E-state index contributed by atoms with van der Waals surface area (Å²) < 4.78 is 7.11. The van der Waals surface area contributed by atoms with Crippen molar-refractivity contribution in [1.82, 2.24) is 25.1 Å². The van der Waals surface area contributed by atoms with Gasteiger partial charge in [0.15, 0.2) is 4.96 Å². The smallest absolute Gasteiger partial charge is 0.271 e. The number of methoxy groups -OCH3 is 1. The number of hydrogen-bond acceptors (Lipinski definition) is 6. The summed E-state index contributed by atoms with van der Waals surface area (Å²) in [5.41, 5.74) is 11.5. The molecule has 0 saturated carbocycles. The standard InChI is InChI=1S/C21H27N5O2S/c1-13-5-6-14(2)17(7-13)18-10-26-19(12-29-21(26)22-18)20(27)25(3)9-15-8-16(11-28-4)24-23-15/h5-7,10,12,15-16,23-24H,8-9,11H2,1-4H3. The van der Waals surface area contributed by atoms with Gasteiger partial charge in [0, 0.05) is 49.9 Å². The summed E-state index contributed by atoms with van der Waals surface area (Å²) in [6.45, 7) is 5.44. The van der Waals surface area contributed by atoms with Crippen molar-refractivity contribution in [2.24, 2.45) is 0 Å². The molecule has 1 saturated heterocycles. The molecule has 7 nitrogen and oxygen atoms in total. The summed E-state index contributed by atoms with van der Waals surface area (Å²) in [5, 5.41) is 1.89. The highest BCUT2D eigenvalue weighted by Gasteiger charge is 2.27. The Bertz CT molecular complexity index is 1030. The molecule has 8 heteroatoms. The van der Waals surface area contributed by atoms with Gasteiger partial charge in [-0.1, -0.05) is 17.7 Å². The molecule has 2 aromatic heterocycles. The number of thiazole rings is 1. The van der Waals surface area contributed by atoms with E-state index in [2.05, 4.69) is 42.9 Å². The fourth-order valence-corrected chi connectivity index (χ4v) is 4.66. The Morgan fingerprint density at radius 3 is 2.93 bits per heavy atom. The summed E-state index contributed by atoms with van der Waals surface area (Å²) in [5.74, 6) is -0.00171. The largest absolute Gasteiger partial charge is 0.383 e. The van der Waals surface area contributed by atoms with Crippen LogP contribution in [0.5, 0.6) is 0 Å². The minimum Gasteiger partial charge on any atom is -0.383 e. The van der Waals surface area contributed by atoms with Crippen molar-refractivity contribution in [1.29, 1.82) is 0 Å². The summed E-state index contributed by atoms with van der Waals surface area (Å²) in [6, 6.07) is 6.83. The fraction of sp³-hybridized carbons (Fsp3) is 0.429. The molecule has 4 rings (SSSR count). The quantitative estimate of drug-likeness (QED) is 0.650. The number of nitrogens with zero attached hydrogens (tertiary/aromatic N) is 3. The number of hydrazine groups is 1. The Morgan fingerprint density at radius 2 is 2.14 bits per heavy atom. The maximum Gasteiger partial charge on any atom is 0.271 e. The number of rotatable bonds is 6. The van der Waals surface area contributed by atoms with E-state index in [9.17, 15) is 4.79 Å². The highest BCUT2D eigenvalue weighted by molar-refractivity contribution is 7.15. The van der Waals surface area contributed by atoms with Crippen molar-refractivity contribution >= 4 is 22.2 Å². The lowest BCUT2D eigenvalue weighted by Gasteiger charge is -2.20. The molecule has 0 spiro atoms. The first-order chi connectivity index (χ1) is 14.0. The molecule has 2 atom stereocenters. The van der Waals surface area contributed by atoms with E-state index in [4.69, 9.17) is 9.72 Å². The molecule has 3 heterocycles. The molecule has 1 fully saturated rings. The first-order valence-corrected chi connectivity index (χ1v) is 10.6. The third-order valence-corrected chi connectivity index (χ3v) is 6.21. The lowest BCUT2D eigenvalue weighted by atomic mass is 10.0. The molecule has 0 radical (unpaired) electrons. The number of likely N-dealkylation sites (N-methyl/N-ethyl adjacent to an activating group) is 1. The van der Waals surface area contributed by atoms with E-state index >= 15 is 0 Å². The van der Waals surface area contributed by atoms with Gasteiger partial charge in [-0.2, -0.15) is 0 Å². The number of carbonyl (C=O) groups excluding carboxylic acids is 1. The van der Waals surface area contributed by atoms with Gasteiger partial charge in [-0.3, -0.25) is 20.0 Å². The summed E-state index contributed by atoms with van der Waals surface area (Å²) in [4.78, 5) is 20.5. The number of ether oxygens (including phenoxy) is 1. The number of aromatic nitrogens is 2. The van der Waals surface area contributed by atoms with Crippen LogP contribution in [0.2, 0.25) is 0 Å². The number of benzene rings is 1. The van der Waals surface area contributed by atoms with Crippen LogP contribution in [0.4, 0.5) is 0 Å². The van der Waals surface area contributed by atoms with E-state index < -0.39 is 0 Å². The van der Waals surface area contributed by atoms with Crippen LogP contribution in [0, 0.1) is 13.8 Å². The third kappa shape index (κ3) is 4.06. The lowest BCUT2D eigenvalue weighted by Crippen LogP contribution is -2.42. The second-order valence-electron chi connectivity index (χ2n) is 7.78. The second kappa shape index (κ2) is 8.23. The molecule has 2 unspecified atom stereocenters. The Morgan fingerprint density at radius 1 is 1.34 bits per heavy atom. The van der Waals surface area contributed by atoms with Crippen molar-refractivity contribution in [3.63, 3.8) is 0 Å². The van der Waals surface area contributed by atoms with Crippen LogP contribution >= 0.6 is 11.3 Å². The van der Waals surface area contributed by atoms with Gasteiger partial charge in [0.2, 0.25) is 0 Å². The molecule has 1 aliphatic rings. The Hall–Kier alpha value is -2.26. The fourth-order valence-electron chi connectivity index (χ4n) is 3.82. The molecule has 1 aliphatic heterocycles. The van der Waals surface area contributed by atoms with Crippen LogP contribution in [-0.4, -0.2) is 59.6 Å². The summed E-state index contributed by atoms with van der Waals surface area (Å²) in [6.07, 6.45) is 2.89. The van der Waals surface area contributed by atoms with Crippen LogP contribution in [0.15, 0.2) is 29.8 Å². The van der Waals surface area contributed by atoms with E-state index in [1.165, 1.54) is 22.5 Å². The topological polar surface area (TPSA) is 70.9 Å². The minimum absolute atomic E-state index is 0.00171. The number of nitrogens with one attached hydrogen (secondary N) is 2. The SMILES string of the molecule is COCC1CC(CN(C)C(=O)c2csc3nc(-c4cc(C)ccc4C)cn23)NN1. The second-order valence-corrected chi connectivity index (χ2v) is 8.61. The molecule has 0 bridgehead atoms. The zero-order valence-corrected chi connectivity index (χ0v) is 18.0. The normalized spacial score (nSPS) is 19.2. The molecule has 1 aromatic carbocycles. The van der Waals surface area contributed by atoms with E-state index in [-0.39, 0.29) is 18.0 Å². The van der Waals surface area contributed by atoms with Crippen LogP contribution in [0.1, 0.15) is 28.0 Å². The molecular formula is C21H27N5O2S. The molecule has 0 aliphatic carbocycles. The van der Waals surface area contributed by atoms with Crippen LogP contribution in [0.25, 0.3) is 16.2 Å². The van der Waals surface area contributed by atoms with Gasteiger partial charge < -0.3 is 9.64 Å². The highest BCUT2D eigenvalue weighted by Crippen LogP contribution is 2.27. The van der Waals surface area contributed by atoms with Gasteiger partial charge in [0.1, 0.15) is 5.69 Å². The Kier molecular flexibility index (Phi) is 5.69. The zero-order chi connectivity index (χ0) is 20.5. The van der Waals surface area contributed by atoms with E-state index in [0.717, 1.165) is 22.6 Å². The molecular weight excluding hydrogens is 386 g/mol. The predicted octanol–water partition coefficient (Wildman–Crippen LogP) is 2.63. The van der Waals surface area contributed by atoms with Crippen molar-refractivity contribution in [2.75, 3.05) is 27.3 Å². The maximum atomic E-state index is 13.1. The zero-order valence-electron chi connectivity index (χ0n) is 17.2. The van der Waals surface area contributed by atoms with Crippen molar-refractivity contribution < 1.29 is 9.53 Å². The average molecular weight is 414 g/mol. The first kappa shape index (κ1) is 20.0. The molecule has 154 valence electrons. The van der Waals surface area contributed by atoms with Crippen molar-refractivity contribution in [3.8, 4) is 11.3 Å². The predicted molar refractivity (Wildman–Crippen MR) is 115 cm³/mol. The number of fused-ring (bicyclic) bond motifs is 1. The van der Waals surface area contributed by atoms with Gasteiger partial charge in [0.05, 0.1) is 12.3 Å². The van der Waals surface area contributed by atoms with E-state index in [1.54, 1.807) is 12.0 Å². The average Bonchev–Trinajstić information content (AvgIpc) is 3.39. The number of amides is 1. The van der Waals surface area contributed by atoms with Gasteiger partial charge in [0.25, 0.3) is 5.91 Å². The first-order valence-electron chi connectivity index (χ1n) is 9.76. The van der Waals surface area contributed by atoms with Gasteiger partial charge in [-0.25, -0.2) is 4.98 Å². The minimum atomic E-state index is -0.00171. The molecule has 1 amide bonds. The van der Waals surface area contributed by atoms with Crippen LogP contribution in [0.3, 0.4) is 0 Å². The van der Waals surface area contributed by atoms with Gasteiger partial charge in [-0.05, 0) is 31.9 Å². The summed E-state index contributed by atoms with van der Waals surface area (Å²) >= 11 is 1.49. The Balaban J connectivity index is 1.52. The lowest BCUT2D eigenvalue weighted by molar-refractivity contribution is 0.0776. The van der Waals surface area contributed by atoms with Crippen LogP contribution in [-0.2, 0) is 4.74 Å². The highest BCUT2D eigenvalue weighted by atomic mass is 32.1. The van der Waals surface area contributed by atoms with E-state index in [0.29, 0.717) is 18.8 Å². The monoisotopic (exact) mass is 413 g/mol. The Labute approximate surface area is 174 Å². The molecule has 3 aromatic rings. The van der Waals surface area contributed by atoms with E-state index in [1.807, 2.05) is 23.0 Å². The maximum absolute atomic E-state index is 13.1. The van der Waals surface area contributed by atoms with Crippen LogP contribution < -0.4 is 10.9 Å².